The van der Waals surface area contributed by atoms with E-state index in [0.717, 1.165) is 90.4 Å². The maximum atomic E-state index is 12.8. The fourth-order valence-electron chi connectivity index (χ4n) is 15.5. The largest absolute Gasteiger partial charge is 0.481 e. The predicted octanol–water partition coefficient (Wildman–Crippen LogP) is 23.0. The summed E-state index contributed by atoms with van der Waals surface area (Å²) in [6.45, 7) is 11.1. The molecule has 0 saturated heterocycles. The van der Waals surface area contributed by atoms with Gasteiger partial charge in [0.1, 0.15) is 80.3 Å². The Labute approximate surface area is 888 Å². The highest BCUT2D eigenvalue weighted by molar-refractivity contribution is 7.16. The Morgan fingerprint density at radius 2 is 0.403 bits per heavy atom. The molecule has 0 bridgehead atoms. The Bertz CT molecular complexity index is 8670. The summed E-state index contributed by atoms with van der Waals surface area (Å²) in [6, 6.07) is 94.7. The van der Waals surface area contributed by atoms with Gasteiger partial charge in [0, 0.05) is 118 Å². The van der Waals surface area contributed by atoms with Crippen molar-refractivity contribution in [2.75, 3.05) is 0 Å². The molecule has 25 rings (SSSR count). The topological polar surface area (TPSA) is 339 Å². The van der Waals surface area contributed by atoms with Gasteiger partial charge in [0.2, 0.25) is 24.8 Å². The number of furan rings is 5. The van der Waals surface area contributed by atoms with Crippen molar-refractivity contribution < 1.29 is 32.0 Å². The molecule has 27 nitrogen and oxygen atoms in total. The molecule has 0 aliphatic heterocycles. The normalized spacial score (nSPS) is 12.0. The number of nitrogens with zero attached hydrogens (tertiary/aromatic N) is 15. The minimum atomic E-state index is -0.833. The van der Waals surface area contributed by atoms with Crippen molar-refractivity contribution in [1.29, 1.82) is 0 Å². The second-order valence-corrected chi connectivity index (χ2v) is 40.6. The summed E-state index contributed by atoms with van der Waals surface area (Å²) in [7, 11) is 0. The first kappa shape index (κ1) is 99.7. The summed E-state index contributed by atoms with van der Waals surface area (Å²) < 4.78 is 38.7. The van der Waals surface area contributed by atoms with Crippen LogP contribution in [0.25, 0.3) is 169 Å². The molecule has 15 aromatic heterocycles. The van der Waals surface area contributed by atoms with Crippen LogP contribution in [0.3, 0.4) is 0 Å². The molecule has 734 valence electrons. The smallest absolute Gasteiger partial charge is 0.300 e. The predicted molar refractivity (Wildman–Crippen MR) is 590 cm³/mol. The fourth-order valence-corrected chi connectivity index (χ4v) is 20.6. The maximum absolute atomic E-state index is 12.8. The quantitative estimate of drug-likeness (QED) is 0.0996. The van der Waals surface area contributed by atoms with E-state index >= 15 is 0 Å². The highest BCUT2D eigenvalue weighted by atomic mass is 35.5. The summed E-state index contributed by atoms with van der Waals surface area (Å²) in [5.74, 6) is 8.46. The lowest BCUT2D eigenvalue weighted by Crippen LogP contribution is -2.23. The number of aryl methyl sites for hydroxylation is 5. The summed E-state index contributed by atoms with van der Waals surface area (Å²) in [4.78, 5) is 98.3. The molecular weight excluding hydrogens is 2080 g/mol. The summed E-state index contributed by atoms with van der Waals surface area (Å²) >= 11 is 36.1. The van der Waals surface area contributed by atoms with Crippen LogP contribution in [-0.2, 0) is 4.79 Å². The molecule has 0 fully saturated rings. The van der Waals surface area contributed by atoms with Gasteiger partial charge in [-0.15, -0.1) is 25.5 Å². The number of thiazole rings is 5. The van der Waals surface area contributed by atoms with Crippen LogP contribution >= 0.6 is 115 Å². The van der Waals surface area contributed by atoms with Crippen LogP contribution < -0.4 is 50.5 Å². The lowest BCUT2D eigenvalue weighted by molar-refractivity contribution is -0.134. The third-order valence-corrected chi connectivity index (χ3v) is 29.0. The van der Waals surface area contributed by atoms with E-state index in [1.165, 1.54) is 79.3 Å². The van der Waals surface area contributed by atoms with E-state index in [4.69, 9.17) is 90.0 Å². The zero-order valence-corrected chi connectivity index (χ0v) is 86.7. The fraction of sp³-hybridized carbons (Fsp3) is 0.0536. The summed E-state index contributed by atoms with van der Waals surface area (Å²) in [5, 5.41) is 32.8. The Balaban J connectivity index is 0.000000112. The molecule has 0 aliphatic carbocycles. The highest BCUT2D eigenvalue weighted by Gasteiger charge is 2.22. The van der Waals surface area contributed by atoms with Crippen molar-refractivity contribution in [1.82, 2.24) is 73.0 Å². The molecule has 149 heavy (non-hydrogen) atoms. The molecule has 0 unspecified atom stereocenters. The van der Waals surface area contributed by atoms with Gasteiger partial charge >= 0.3 is 0 Å². The summed E-state index contributed by atoms with van der Waals surface area (Å²) in [5.41, 5.74) is 13.5. The van der Waals surface area contributed by atoms with E-state index in [1.54, 1.807) is 30.4 Å². The molecule has 0 radical (unpaired) electrons. The summed E-state index contributed by atoms with van der Waals surface area (Å²) in [6.07, 6.45) is 8.59. The number of fused-ring (bicyclic) bond motifs is 5. The van der Waals surface area contributed by atoms with E-state index < -0.39 is 5.97 Å². The van der Waals surface area contributed by atoms with Crippen LogP contribution in [0.4, 0.5) is 0 Å². The Hall–Kier alpha value is -16.6. The number of hydrogen-bond acceptors (Lipinski definition) is 26. The monoisotopic (exact) mass is 2160 g/mol. The number of halogens is 5. The third-order valence-electron chi connectivity index (χ3n) is 23.0. The van der Waals surface area contributed by atoms with Gasteiger partial charge in [0.05, 0.1) is 0 Å². The zero-order valence-electron chi connectivity index (χ0n) is 78.8. The van der Waals surface area contributed by atoms with Crippen molar-refractivity contribution in [3.05, 3.63) is 459 Å². The Kier molecular flexibility index (Phi) is 29.2. The van der Waals surface area contributed by atoms with Gasteiger partial charge in [0.15, 0.2) is 29.1 Å². The van der Waals surface area contributed by atoms with Gasteiger partial charge in [-0.3, -0.25) is 28.8 Å². The van der Waals surface area contributed by atoms with Crippen molar-refractivity contribution in [3.63, 3.8) is 0 Å². The Morgan fingerprint density at radius 1 is 0.248 bits per heavy atom. The van der Waals surface area contributed by atoms with Gasteiger partial charge in [0.25, 0.3) is 33.8 Å². The van der Waals surface area contributed by atoms with E-state index in [9.17, 15) is 24.0 Å². The van der Waals surface area contributed by atoms with E-state index in [0.29, 0.717) is 159 Å². The Morgan fingerprint density at radius 3 is 0.550 bits per heavy atom. The van der Waals surface area contributed by atoms with Gasteiger partial charge in [-0.05, 0) is 244 Å². The van der Waals surface area contributed by atoms with Crippen LogP contribution in [0.15, 0.2) is 349 Å². The molecule has 1 N–H and O–H groups in total. The average molecular weight is 2160 g/mol. The van der Waals surface area contributed by atoms with E-state index in [1.807, 2.05) is 338 Å². The van der Waals surface area contributed by atoms with Gasteiger partial charge in [-0.25, -0.2) is 0 Å². The molecule has 25 aromatic rings. The van der Waals surface area contributed by atoms with E-state index in [2.05, 4.69) is 50.4 Å². The minimum Gasteiger partial charge on any atom is -0.481 e. The average Bonchev–Trinajstić information content (AvgIpc) is 1.64. The second-order valence-electron chi connectivity index (χ2n) is 33.4. The lowest BCUT2D eigenvalue weighted by Gasteiger charge is -1.98. The molecule has 15 heterocycles. The number of carbonyl (C=O) groups is 1. The van der Waals surface area contributed by atoms with Crippen molar-refractivity contribution in [2.24, 2.45) is 0 Å². The number of aliphatic carboxylic acids is 1. The molecule has 10 aromatic carbocycles. The number of aromatic nitrogens is 15. The number of benzene rings is 10. The molecule has 0 spiro atoms. The first-order valence-corrected chi connectivity index (χ1v) is 51.5. The molecule has 0 saturated carbocycles. The number of hydrogen-bond donors (Lipinski definition) is 1. The highest BCUT2D eigenvalue weighted by Crippen LogP contribution is 2.34. The number of carboxylic acid groups (broad SMARTS) is 1. The molecular formula is C112H74Cl5N15O12S5. The lowest BCUT2D eigenvalue weighted by atomic mass is 10.1. The molecule has 0 aliphatic rings. The van der Waals surface area contributed by atoms with Gasteiger partial charge < -0.3 is 27.2 Å². The van der Waals surface area contributed by atoms with Gasteiger partial charge in [-0.1, -0.05) is 236 Å². The first-order chi connectivity index (χ1) is 72.1. The van der Waals surface area contributed by atoms with E-state index in [-0.39, 0.29) is 27.8 Å². The first-order valence-electron chi connectivity index (χ1n) is 45.5. The van der Waals surface area contributed by atoms with Gasteiger partial charge in [-0.2, -0.15) is 47.5 Å². The minimum absolute atomic E-state index is 0.207. The zero-order chi connectivity index (χ0) is 103. The number of carboxylic acids is 1. The van der Waals surface area contributed by atoms with Crippen LogP contribution in [0.1, 0.15) is 63.5 Å². The van der Waals surface area contributed by atoms with Crippen LogP contribution in [0.5, 0.6) is 0 Å². The standard InChI is InChI=1S/5C22H14ClN3O2S.C2H4O2/c5*1-13-4-2-3-5-17(13)20-24-22-26(25-20)21(27)19(29-22)12-16-10-11-18(28-16)14-6-8-15(23)9-7-14;1-2(3)4/h5*2-12H,1H3;1H3,(H,3,4)/b5*19-12-;. The number of rotatable bonds is 15. The molecule has 37 heteroatoms. The van der Waals surface area contributed by atoms with Crippen molar-refractivity contribution in [2.45, 2.75) is 41.5 Å². The second kappa shape index (κ2) is 43.6. The van der Waals surface area contributed by atoms with Crippen LogP contribution in [0, 0.1) is 34.6 Å². The van der Waals surface area contributed by atoms with Crippen LogP contribution in [0.2, 0.25) is 25.1 Å². The van der Waals surface area contributed by atoms with Crippen LogP contribution in [-0.4, -0.2) is 84.1 Å². The third kappa shape index (κ3) is 22.4. The van der Waals surface area contributed by atoms with Crippen molar-refractivity contribution >= 4 is 176 Å². The van der Waals surface area contributed by atoms with Crippen molar-refractivity contribution in [3.8, 4) is 114 Å². The maximum Gasteiger partial charge on any atom is 0.300 e. The molecule has 0 amide bonds. The SMILES string of the molecule is CC(=O)O.Cc1ccccc1-c1nc2s/c(=C\c3ccc(-c4ccc(Cl)cc4)o3)c(=O)n2n1.Cc1ccccc1-c1nc2s/c(=C\c3ccc(-c4ccc(Cl)cc4)o3)c(=O)n2n1.Cc1ccccc1-c1nc2s/c(=C\c3ccc(-c4ccc(Cl)cc4)o3)c(=O)n2n1.Cc1ccccc1-c1nc2s/c(=C\c3ccc(-c4ccc(Cl)cc4)o3)c(=O)n2n1.Cc1ccccc1-c1nc2s/c(=C\c3ccc(-c4ccc(Cl)cc4)o3)c(=O)n2n1. The molecule has 0 atom stereocenters.